The van der Waals surface area contributed by atoms with Crippen LogP contribution in [0, 0.1) is 0 Å². The SMILES string of the molecule is FC(F)(F)c1ccc(Oc2ncccc2-c2cccc3ncccc23)cn1. The van der Waals surface area contributed by atoms with Crippen LogP contribution in [0.2, 0.25) is 0 Å². The van der Waals surface area contributed by atoms with Crippen LogP contribution in [0.5, 0.6) is 11.6 Å². The van der Waals surface area contributed by atoms with Crippen LogP contribution in [0.1, 0.15) is 5.69 Å². The molecular formula is C20H12F3N3O. The monoisotopic (exact) mass is 367 g/mol. The van der Waals surface area contributed by atoms with Gasteiger partial charge in [-0.15, -0.1) is 0 Å². The molecule has 0 radical (unpaired) electrons. The summed E-state index contributed by atoms with van der Waals surface area (Å²) in [6.07, 6.45) is -0.197. The molecule has 134 valence electrons. The number of fused-ring (bicyclic) bond motifs is 1. The molecule has 1 aromatic carbocycles. The van der Waals surface area contributed by atoms with Crippen LogP contribution >= 0.6 is 0 Å². The van der Waals surface area contributed by atoms with Gasteiger partial charge in [0.25, 0.3) is 0 Å². The number of ether oxygens (including phenoxy) is 1. The zero-order valence-corrected chi connectivity index (χ0v) is 13.8. The summed E-state index contributed by atoms with van der Waals surface area (Å²) in [7, 11) is 0. The molecule has 0 aliphatic rings. The maximum atomic E-state index is 12.7. The summed E-state index contributed by atoms with van der Waals surface area (Å²) in [5, 5.41) is 0.920. The quantitative estimate of drug-likeness (QED) is 0.479. The molecule has 4 aromatic rings. The summed E-state index contributed by atoms with van der Waals surface area (Å²) in [4.78, 5) is 12.0. The highest BCUT2D eigenvalue weighted by Crippen LogP contribution is 2.35. The van der Waals surface area contributed by atoms with Crippen molar-refractivity contribution < 1.29 is 17.9 Å². The zero-order valence-electron chi connectivity index (χ0n) is 13.8. The smallest absolute Gasteiger partial charge is 0.433 e. The molecule has 0 aliphatic carbocycles. The third kappa shape index (κ3) is 3.44. The molecule has 0 aliphatic heterocycles. The summed E-state index contributed by atoms with van der Waals surface area (Å²) in [5.41, 5.74) is 1.41. The molecule has 3 heterocycles. The maximum absolute atomic E-state index is 12.7. The van der Waals surface area contributed by atoms with E-state index in [9.17, 15) is 13.2 Å². The fraction of sp³-hybridized carbons (Fsp3) is 0.0500. The fourth-order valence-corrected chi connectivity index (χ4v) is 2.74. The Kier molecular flexibility index (Phi) is 4.19. The van der Waals surface area contributed by atoms with Crippen LogP contribution in [0.3, 0.4) is 0 Å². The van der Waals surface area contributed by atoms with Gasteiger partial charge in [-0.25, -0.2) is 9.97 Å². The van der Waals surface area contributed by atoms with Gasteiger partial charge in [0.15, 0.2) is 0 Å². The van der Waals surface area contributed by atoms with Crippen molar-refractivity contribution in [2.24, 2.45) is 0 Å². The maximum Gasteiger partial charge on any atom is 0.433 e. The van der Waals surface area contributed by atoms with Gasteiger partial charge >= 0.3 is 6.18 Å². The molecule has 0 spiro atoms. The highest BCUT2D eigenvalue weighted by molar-refractivity contribution is 5.95. The van der Waals surface area contributed by atoms with Gasteiger partial charge in [-0.2, -0.15) is 13.2 Å². The van der Waals surface area contributed by atoms with E-state index in [2.05, 4.69) is 15.0 Å². The van der Waals surface area contributed by atoms with Crippen LogP contribution in [-0.2, 0) is 6.18 Å². The second-order valence-electron chi connectivity index (χ2n) is 5.71. The first-order valence-corrected chi connectivity index (χ1v) is 8.02. The van der Waals surface area contributed by atoms with E-state index in [1.807, 2.05) is 36.4 Å². The molecule has 0 amide bonds. The lowest BCUT2D eigenvalue weighted by atomic mass is 10.0. The first kappa shape index (κ1) is 17.0. The number of halogens is 3. The second kappa shape index (κ2) is 6.68. The van der Waals surface area contributed by atoms with Gasteiger partial charge in [-0.1, -0.05) is 18.2 Å². The zero-order chi connectivity index (χ0) is 18.9. The lowest BCUT2D eigenvalue weighted by Crippen LogP contribution is -2.07. The Morgan fingerprint density at radius 3 is 2.30 bits per heavy atom. The van der Waals surface area contributed by atoms with Gasteiger partial charge in [0.05, 0.1) is 11.7 Å². The Morgan fingerprint density at radius 1 is 0.741 bits per heavy atom. The molecule has 0 atom stereocenters. The van der Waals surface area contributed by atoms with Gasteiger partial charge < -0.3 is 4.74 Å². The molecule has 0 fully saturated rings. The number of hydrogen-bond donors (Lipinski definition) is 0. The van der Waals surface area contributed by atoms with Crippen LogP contribution in [0.15, 0.2) is 73.2 Å². The van der Waals surface area contributed by atoms with Crippen molar-refractivity contribution in [1.29, 1.82) is 0 Å². The molecule has 27 heavy (non-hydrogen) atoms. The predicted octanol–water partition coefficient (Wildman–Crippen LogP) is 5.50. The van der Waals surface area contributed by atoms with E-state index in [0.29, 0.717) is 5.56 Å². The number of hydrogen-bond acceptors (Lipinski definition) is 4. The van der Waals surface area contributed by atoms with E-state index < -0.39 is 11.9 Å². The summed E-state index contributed by atoms with van der Waals surface area (Å²) in [6.45, 7) is 0. The number of aromatic nitrogens is 3. The topological polar surface area (TPSA) is 47.9 Å². The van der Waals surface area contributed by atoms with Gasteiger partial charge in [0.1, 0.15) is 11.4 Å². The molecule has 0 N–H and O–H groups in total. The Bertz CT molecular complexity index is 1090. The van der Waals surface area contributed by atoms with Crippen molar-refractivity contribution in [3.05, 3.63) is 78.9 Å². The van der Waals surface area contributed by atoms with Crippen molar-refractivity contribution in [1.82, 2.24) is 15.0 Å². The molecule has 0 saturated heterocycles. The Morgan fingerprint density at radius 2 is 1.52 bits per heavy atom. The Hall–Kier alpha value is -3.48. The minimum absolute atomic E-state index is 0.168. The van der Waals surface area contributed by atoms with Crippen molar-refractivity contribution in [3.63, 3.8) is 0 Å². The van der Waals surface area contributed by atoms with Gasteiger partial charge in [0, 0.05) is 23.3 Å². The third-order valence-corrected chi connectivity index (χ3v) is 3.95. The van der Waals surface area contributed by atoms with Gasteiger partial charge in [-0.3, -0.25) is 4.98 Å². The molecule has 4 rings (SSSR count). The van der Waals surface area contributed by atoms with E-state index in [-0.39, 0.29) is 11.6 Å². The number of rotatable bonds is 3. The number of pyridine rings is 3. The predicted molar refractivity (Wildman–Crippen MR) is 94.3 cm³/mol. The normalized spacial score (nSPS) is 11.5. The Labute approximate surface area is 152 Å². The second-order valence-corrected chi connectivity index (χ2v) is 5.71. The summed E-state index contributed by atoms with van der Waals surface area (Å²) < 4.78 is 43.7. The van der Waals surface area contributed by atoms with Crippen LogP contribution in [0.4, 0.5) is 13.2 Å². The van der Waals surface area contributed by atoms with Gasteiger partial charge in [0.2, 0.25) is 5.88 Å². The van der Waals surface area contributed by atoms with Gasteiger partial charge in [-0.05, 0) is 42.0 Å². The van der Waals surface area contributed by atoms with E-state index in [1.54, 1.807) is 18.5 Å². The highest BCUT2D eigenvalue weighted by Gasteiger charge is 2.32. The lowest BCUT2D eigenvalue weighted by Gasteiger charge is -2.12. The number of nitrogens with zero attached hydrogens (tertiary/aromatic N) is 3. The number of benzene rings is 1. The van der Waals surface area contributed by atoms with E-state index in [1.165, 1.54) is 6.07 Å². The molecule has 4 nitrogen and oxygen atoms in total. The average molecular weight is 367 g/mol. The summed E-state index contributed by atoms with van der Waals surface area (Å²) in [5.74, 6) is 0.441. The van der Waals surface area contributed by atoms with E-state index >= 15 is 0 Å². The average Bonchev–Trinajstić information content (AvgIpc) is 2.68. The van der Waals surface area contributed by atoms with Crippen molar-refractivity contribution in [2.75, 3.05) is 0 Å². The molecular weight excluding hydrogens is 355 g/mol. The molecule has 3 aromatic heterocycles. The largest absolute Gasteiger partial charge is 0.437 e. The van der Waals surface area contributed by atoms with E-state index in [0.717, 1.165) is 28.7 Å². The first-order valence-electron chi connectivity index (χ1n) is 8.02. The van der Waals surface area contributed by atoms with Crippen molar-refractivity contribution >= 4 is 10.9 Å². The van der Waals surface area contributed by atoms with Crippen molar-refractivity contribution in [2.45, 2.75) is 6.18 Å². The minimum Gasteiger partial charge on any atom is -0.437 e. The third-order valence-electron chi connectivity index (χ3n) is 3.95. The van der Waals surface area contributed by atoms with Crippen molar-refractivity contribution in [3.8, 4) is 22.8 Å². The summed E-state index contributed by atoms with van der Waals surface area (Å²) in [6, 6.07) is 15.2. The Balaban J connectivity index is 1.74. The molecule has 0 bridgehead atoms. The molecule has 0 saturated carbocycles. The first-order chi connectivity index (χ1) is 13.0. The molecule has 0 unspecified atom stereocenters. The van der Waals surface area contributed by atoms with Crippen LogP contribution in [0.25, 0.3) is 22.0 Å². The highest BCUT2D eigenvalue weighted by atomic mass is 19.4. The molecule has 7 heteroatoms. The standard InChI is InChI=1S/C20H12F3N3O/c21-20(22,23)18-9-8-13(12-26-18)27-19-16(6-3-11-25-19)14-4-1-7-17-15(14)5-2-10-24-17/h1-12H. The lowest BCUT2D eigenvalue weighted by molar-refractivity contribution is -0.141. The fourth-order valence-electron chi connectivity index (χ4n) is 2.74. The summed E-state index contributed by atoms with van der Waals surface area (Å²) >= 11 is 0. The van der Waals surface area contributed by atoms with E-state index in [4.69, 9.17) is 4.74 Å². The van der Waals surface area contributed by atoms with Crippen LogP contribution < -0.4 is 4.74 Å². The minimum atomic E-state index is -4.50. The van der Waals surface area contributed by atoms with Crippen LogP contribution in [-0.4, -0.2) is 15.0 Å². The number of alkyl halides is 3.